The van der Waals surface area contributed by atoms with Crippen molar-refractivity contribution in [2.75, 3.05) is 18.9 Å². The number of thiophene rings is 1. The Morgan fingerprint density at radius 1 is 1.06 bits per heavy atom. The fraction of sp³-hybridized carbons (Fsp3) is 0.143. The largest absolute Gasteiger partial charge is 0.351 e. The molecule has 0 amide bonds. The number of hydrogen-bond donors (Lipinski definition) is 3. The van der Waals surface area contributed by atoms with E-state index in [0.717, 1.165) is 51.4 Å². The first-order chi connectivity index (χ1) is 16.7. The van der Waals surface area contributed by atoms with Crippen LogP contribution < -0.4 is 10.6 Å². The maximum atomic E-state index is 4.47. The van der Waals surface area contributed by atoms with Crippen molar-refractivity contribution in [3.05, 3.63) is 103 Å². The topological polar surface area (TPSA) is 65.6 Å². The highest BCUT2D eigenvalue weighted by atomic mass is 32.1. The van der Waals surface area contributed by atoms with Crippen LogP contribution >= 0.6 is 11.3 Å². The van der Waals surface area contributed by atoms with E-state index in [9.17, 15) is 0 Å². The zero-order valence-electron chi connectivity index (χ0n) is 19.1. The number of hydrogen-bond acceptors (Lipinski definition) is 5. The number of H-pyrrole nitrogens is 1. The Labute approximate surface area is 203 Å². The average molecular weight is 466 g/mol. The molecule has 0 aliphatic carbocycles. The van der Waals surface area contributed by atoms with Gasteiger partial charge < -0.3 is 15.6 Å². The summed E-state index contributed by atoms with van der Waals surface area (Å²) in [6.07, 6.45) is 8.50. The predicted molar refractivity (Wildman–Crippen MR) is 143 cm³/mol. The van der Waals surface area contributed by atoms with Gasteiger partial charge in [0.15, 0.2) is 0 Å². The minimum Gasteiger partial charge on any atom is -0.351 e. The molecule has 0 aliphatic heterocycles. The fourth-order valence-corrected chi connectivity index (χ4v) is 5.36. The zero-order chi connectivity index (χ0) is 23.3. The second-order valence-electron chi connectivity index (χ2n) is 8.29. The second-order valence-corrected chi connectivity index (χ2v) is 9.34. The van der Waals surface area contributed by atoms with Crippen molar-refractivity contribution in [3.8, 4) is 21.6 Å². The molecule has 170 valence electrons. The van der Waals surface area contributed by atoms with Gasteiger partial charge in [0.25, 0.3) is 0 Å². The highest BCUT2D eigenvalue weighted by Crippen LogP contribution is 2.44. The van der Waals surface area contributed by atoms with Gasteiger partial charge in [0.2, 0.25) is 0 Å². The van der Waals surface area contributed by atoms with Gasteiger partial charge in [-0.2, -0.15) is 0 Å². The van der Waals surface area contributed by atoms with Gasteiger partial charge >= 0.3 is 0 Å². The average Bonchev–Trinajstić information content (AvgIpc) is 3.49. The van der Waals surface area contributed by atoms with Crippen molar-refractivity contribution in [1.29, 1.82) is 0 Å². The van der Waals surface area contributed by atoms with Gasteiger partial charge in [-0.1, -0.05) is 43.0 Å². The third-order valence-electron chi connectivity index (χ3n) is 5.95. The van der Waals surface area contributed by atoms with Gasteiger partial charge in [0.05, 0.1) is 5.00 Å². The number of fused-ring (bicyclic) bond motifs is 1. The van der Waals surface area contributed by atoms with Crippen LogP contribution in [0.25, 0.3) is 32.6 Å². The molecule has 5 rings (SSSR count). The lowest BCUT2D eigenvalue weighted by Gasteiger charge is -2.20. The number of nitrogens with zero attached hydrogens (tertiary/aromatic N) is 2. The molecule has 5 nitrogen and oxygen atoms in total. The van der Waals surface area contributed by atoms with E-state index in [1.807, 2.05) is 37.8 Å². The summed E-state index contributed by atoms with van der Waals surface area (Å²) in [6, 6.07) is 20.9. The van der Waals surface area contributed by atoms with Crippen molar-refractivity contribution in [2.45, 2.75) is 6.42 Å². The van der Waals surface area contributed by atoms with E-state index in [-0.39, 0.29) is 5.92 Å². The Morgan fingerprint density at radius 3 is 2.71 bits per heavy atom. The minimum absolute atomic E-state index is 0.261. The summed E-state index contributed by atoms with van der Waals surface area (Å²) in [5.41, 5.74) is 6.57. The number of nitrogens with one attached hydrogen (secondary N) is 3. The number of aromatic nitrogens is 3. The fourth-order valence-electron chi connectivity index (χ4n) is 4.27. The van der Waals surface area contributed by atoms with Crippen LogP contribution in [0.1, 0.15) is 5.56 Å². The van der Waals surface area contributed by atoms with Crippen LogP contribution in [-0.2, 0) is 6.42 Å². The third kappa shape index (κ3) is 4.64. The summed E-state index contributed by atoms with van der Waals surface area (Å²) in [6.45, 7) is 5.27. The maximum Gasteiger partial charge on any atom is 0.137 e. The summed E-state index contributed by atoms with van der Waals surface area (Å²) in [7, 11) is 1.99. The van der Waals surface area contributed by atoms with E-state index in [0.29, 0.717) is 0 Å². The van der Waals surface area contributed by atoms with Gasteiger partial charge in [-0.3, -0.25) is 4.98 Å². The highest BCUT2D eigenvalue weighted by molar-refractivity contribution is 7.20. The van der Waals surface area contributed by atoms with Gasteiger partial charge in [0, 0.05) is 69.9 Å². The van der Waals surface area contributed by atoms with Gasteiger partial charge in [0.1, 0.15) is 5.65 Å². The molecule has 0 radical (unpaired) electrons. The van der Waals surface area contributed by atoms with Gasteiger partial charge in [-0.25, -0.2) is 4.98 Å². The predicted octanol–water partition coefficient (Wildman–Crippen LogP) is 6.36. The molecule has 4 heterocycles. The molecule has 0 aliphatic rings. The van der Waals surface area contributed by atoms with Crippen molar-refractivity contribution < 1.29 is 0 Å². The lowest BCUT2D eigenvalue weighted by atomic mass is 9.96. The highest BCUT2D eigenvalue weighted by Gasteiger charge is 2.19. The standard InChI is InChI=1S/C28H27N5S/c1-19(22(16-29-2)14-20-8-4-3-5-9-20)33-26-15-24(27(34-26)21-10-6-12-30-17-21)25-18-32-28-23(25)11-7-13-31-28/h3-13,15,17-18,22,29,33H,1,14,16H2,2H3,(H,31,32). The zero-order valence-corrected chi connectivity index (χ0v) is 19.9. The van der Waals surface area contributed by atoms with E-state index < -0.39 is 0 Å². The number of aromatic amines is 1. The molecule has 0 saturated heterocycles. The molecule has 1 aromatic carbocycles. The molecule has 1 unspecified atom stereocenters. The molecule has 0 saturated carbocycles. The SMILES string of the molecule is C=C(Nc1cc(-c2c[nH]c3ncccc23)c(-c2cccnc2)s1)C(CNC)Cc1ccccc1. The molecule has 34 heavy (non-hydrogen) atoms. The van der Waals surface area contributed by atoms with Gasteiger partial charge in [-0.05, 0) is 43.3 Å². The van der Waals surface area contributed by atoms with E-state index in [1.165, 1.54) is 10.4 Å². The van der Waals surface area contributed by atoms with E-state index in [2.05, 4.69) is 80.7 Å². The summed E-state index contributed by atoms with van der Waals surface area (Å²) < 4.78 is 0. The monoisotopic (exact) mass is 465 g/mol. The molecular weight excluding hydrogens is 438 g/mol. The second kappa shape index (κ2) is 10.0. The molecule has 5 aromatic rings. The molecule has 3 N–H and O–H groups in total. The van der Waals surface area contributed by atoms with E-state index >= 15 is 0 Å². The lowest BCUT2D eigenvalue weighted by molar-refractivity contribution is 0.571. The van der Waals surface area contributed by atoms with Crippen molar-refractivity contribution >= 4 is 27.4 Å². The first-order valence-corrected chi connectivity index (χ1v) is 12.2. The number of benzene rings is 1. The molecule has 6 heteroatoms. The van der Waals surface area contributed by atoms with Crippen LogP contribution in [0, 0.1) is 5.92 Å². The molecule has 1 atom stereocenters. The third-order valence-corrected chi connectivity index (χ3v) is 7.05. The van der Waals surface area contributed by atoms with Crippen LogP contribution in [0.3, 0.4) is 0 Å². The lowest BCUT2D eigenvalue weighted by Crippen LogP contribution is -2.25. The van der Waals surface area contributed by atoms with Crippen LogP contribution in [0.5, 0.6) is 0 Å². The first-order valence-electron chi connectivity index (χ1n) is 11.3. The molecule has 0 bridgehead atoms. The maximum absolute atomic E-state index is 4.47. The molecule has 0 spiro atoms. The Kier molecular flexibility index (Phi) is 6.51. The summed E-state index contributed by atoms with van der Waals surface area (Å²) >= 11 is 1.72. The quantitative estimate of drug-likeness (QED) is 0.237. The summed E-state index contributed by atoms with van der Waals surface area (Å²) in [5.74, 6) is 0.261. The Balaban J connectivity index is 1.49. The Morgan fingerprint density at radius 2 is 1.91 bits per heavy atom. The Hall–Kier alpha value is -3.74. The van der Waals surface area contributed by atoms with E-state index in [1.54, 1.807) is 17.5 Å². The smallest absolute Gasteiger partial charge is 0.137 e. The van der Waals surface area contributed by atoms with Crippen molar-refractivity contribution in [1.82, 2.24) is 20.3 Å². The van der Waals surface area contributed by atoms with E-state index in [4.69, 9.17) is 0 Å². The van der Waals surface area contributed by atoms with Gasteiger partial charge in [-0.15, -0.1) is 11.3 Å². The summed E-state index contributed by atoms with van der Waals surface area (Å²) in [5, 5.41) is 9.11. The van der Waals surface area contributed by atoms with Crippen LogP contribution in [0.2, 0.25) is 0 Å². The first kappa shape index (κ1) is 22.1. The number of pyridine rings is 2. The van der Waals surface area contributed by atoms with Crippen LogP contribution in [-0.4, -0.2) is 28.5 Å². The normalized spacial score (nSPS) is 12.0. The molecular formula is C28H27N5S. The summed E-state index contributed by atoms with van der Waals surface area (Å²) in [4.78, 5) is 13.3. The number of anilines is 1. The minimum atomic E-state index is 0.261. The van der Waals surface area contributed by atoms with Crippen molar-refractivity contribution in [3.63, 3.8) is 0 Å². The van der Waals surface area contributed by atoms with Crippen LogP contribution in [0.15, 0.2) is 97.7 Å². The Bertz CT molecular complexity index is 1390. The molecule has 0 fully saturated rings. The number of rotatable bonds is 9. The molecule has 4 aromatic heterocycles. The van der Waals surface area contributed by atoms with Crippen LogP contribution in [0.4, 0.5) is 5.00 Å². The van der Waals surface area contributed by atoms with Crippen molar-refractivity contribution in [2.24, 2.45) is 5.92 Å².